The van der Waals surface area contributed by atoms with E-state index in [1.165, 1.54) is 24.1 Å². The number of fused-ring (bicyclic) bond motifs is 2. The van der Waals surface area contributed by atoms with Crippen LogP contribution in [-0.2, 0) is 6.54 Å². The van der Waals surface area contributed by atoms with Crippen molar-refractivity contribution in [1.82, 2.24) is 5.32 Å². The monoisotopic (exact) mass is 352 g/mol. The summed E-state index contributed by atoms with van der Waals surface area (Å²) in [5.74, 6) is 0. The predicted molar refractivity (Wildman–Crippen MR) is 90.7 cm³/mol. The Labute approximate surface area is 135 Å². The maximum Gasteiger partial charge on any atom is 0.0579 e. The Morgan fingerprint density at radius 3 is 2.67 bits per heavy atom. The van der Waals surface area contributed by atoms with E-state index in [0.29, 0.717) is 12.1 Å². The fourth-order valence-corrected chi connectivity index (χ4v) is 4.30. The van der Waals surface area contributed by atoms with Crippen molar-refractivity contribution in [3.05, 3.63) is 28.2 Å². The molecule has 0 amide bonds. The zero-order chi connectivity index (χ0) is 14.8. The van der Waals surface area contributed by atoms with Gasteiger partial charge in [0, 0.05) is 28.8 Å². The van der Waals surface area contributed by atoms with Crippen molar-refractivity contribution in [2.75, 3.05) is 11.4 Å². The fourth-order valence-electron chi connectivity index (χ4n) is 3.89. The molecule has 2 bridgehead atoms. The molecule has 0 spiro atoms. The maximum absolute atomic E-state index is 9.99. The van der Waals surface area contributed by atoms with Gasteiger partial charge in [-0.2, -0.15) is 0 Å². The summed E-state index contributed by atoms with van der Waals surface area (Å²) < 4.78 is 1.14. The Hall–Kier alpha value is -0.580. The summed E-state index contributed by atoms with van der Waals surface area (Å²) in [4.78, 5) is 2.59. The van der Waals surface area contributed by atoms with E-state index < -0.39 is 0 Å². The van der Waals surface area contributed by atoms with Crippen LogP contribution in [0.5, 0.6) is 0 Å². The molecule has 2 fully saturated rings. The number of aliphatic hydroxyl groups excluding tert-OH is 1. The second-order valence-corrected chi connectivity index (χ2v) is 7.28. The summed E-state index contributed by atoms with van der Waals surface area (Å²) in [6.45, 7) is 4.17. The van der Waals surface area contributed by atoms with Crippen molar-refractivity contribution < 1.29 is 5.11 Å². The number of aliphatic hydroxyl groups is 1. The van der Waals surface area contributed by atoms with E-state index in [9.17, 15) is 5.11 Å². The number of piperidine rings is 1. The van der Waals surface area contributed by atoms with Crippen molar-refractivity contribution in [2.45, 2.75) is 63.8 Å². The first kappa shape index (κ1) is 15.3. The van der Waals surface area contributed by atoms with Crippen LogP contribution in [0.25, 0.3) is 0 Å². The third-order valence-corrected chi connectivity index (χ3v) is 5.26. The Morgan fingerprint density at radius 2 is 2.00 bits per heavy atom. The van der Waals surface area contributed by atoms with E-state index in [0.717, 1.165) is 36.8 Å². The summed E-state index contributed by atoms with van der Waals surface area (Å²) in [5.41, 5.74) is 2.73. The van der Waals surface area contributed by atoms with Crippen LogP contribution in [0.2, 0.25) is 0 Å². The lowest BCUT2D eigenvalue weighted by atomic mass is 9.97. The number of rotatable bonds is 5. The number of anilines is 1. The maximum atomic E-state index is 9.99. The summed E-state index contributed by atoms with van der Waals surface area (Å²) in [7, 11) is 0. The quantitative estimate of drug-likeness (QED) is 0.796. The molecule has 1 aromatic rings. The van der Waals surface area contributed by atoms with E-state index >= 15 is 0 Å². The van der Waals surface area contributed by atoms with Crippen molar-refractivity contribution in [3.63, 3.8) is 0 Å². The Kier molecular flexibility index (Phi) is 4.87. The molecule has 2 aliphatic heterocycles. The minimum absolute atomic E-state index is 0.101. The fraction of sp³-hybridized carbons (Fsp3) is 0.647. The van der Waals surface area contributed by atoms with Crippen LogP contribution in [0.3, 0.4) is 0 Å². The van der Waals surface area contributed by atoms with E-state index in [1.54, 1.807) is 0 Å². The van der Waals surface area contributed by atoms with Gasteiger partial charge in [0.15, 0.2) is 0 Å². The van der Waals surface area contributed by atoms with Gasteiger partial charge in [0.2, 0.25) is 0 Å². The Balaban J connectivity index is 1.84. The van der Waals surface area contributed by atoms with Crippen LogP contribution < -0.4 is 10.2 Å². The highest BCUT2D eigenvalue weighted by Gasteiger charge is 2.40. The van der Waals surface area contributed by atoms with Gasteiger partial charge in [0.25, 0.3) is 0 Å². The molecule has 0 aromatic heterocycles. The lowest BCUT2D eigenvalue weighted by molar-refractivity contribution is 0.126. The molecule has 1 aromatic carbocycles. The van der Waals surface area contributed by atoms with Crippen LogP contribution in [-0.4, -0.2) is 29.8 Å². The first-order chi connectivity index (χ1) is 10.2. The molecule has 2 heterocycles. The van der Waals surface area contributed by atoms with Crippen LogP contribution in [0.1, 0.15) is 44.6 Å². The van der Waals surface area contributed by atoms with Crippen LogP contribution >= 0.6 is 15.9 Å². The molecule has 116 valence electrons. The highest BCUT2D eigenvalue weighted by molar-refractivity contribution is 9.10. The molecule has 2 atom stereocenters. The van der Waals surface area contributed by atoms with Gasteiger partial charge in [-0.15, -0.1) is 0 Å². The average Bonchev–Trinajstić information content (AvgIpc) is 2.72. The van der Waals surface area contributed by atoms with Crippen LogP contribution in [0.4, 0.5) is 5.69 Å². The summed E-state index contributed by atoms with van der Waals surface area (Å²) in [6, 6.07) is 7.66. The molecular formula is C17H25BrN2O. The van der Waals surface area contributed by atoms with Crippen molar-refractivity contribution in [3.8, 4) is 0 Å². The second-order valence-electron chi connectivity index (χ2n) is 6.37. The molecule has 4 heteroatoms. The Bertz CT molecular complexity index is 480. The number of nitrogens with zero attached hydrogens (tertiary/aromatic N) is 1. The molecule has 21 heavy (non-hydrogen) atoms. The van der Waals surface area contributed by atoms with Gasteiger partial charge in [-0.25, -0.2) is 0 Å². The second kappa shape index (κ2) is 6.67. The lowest BCUT2D eigenvalue weighted by Crippen LogP contribution is -2.45. The zero-order valence-electron chi connectivity index (χ0n) is 12.7. The number of nitrogens with one attached hydrogen (secondary N) is 1. The summed E-state index contributed by atoms with van der Waals surface area (Å²) >= 11 is 3.60. The van der Waals surface area contributed by atoms with Crippen LogP contribution in [0, 0.1) is 0 Å². The molecule has 3 nitrogen and oxygen atoms in total. The highest BCUT2D eigenvalue weighted by atomic mass is 79.9. The molecule has 2 unspecified atom stereocenters. The van der Waals surface area contributed by atoms with Gasteiger partial charge in [-0.05, 0) is 62.4 Å². The molecule has 0 saturated carbocycles. The van der Waals surface area contributed by atoms with Gasteiger partial charge in [0.1, 0.15) is 0 Å². The lowest BCUT2D eigenvalue weighted by Gasteiger charge is -2.40. The van der Waals surface area contributed by atoms with Crippen molar-refractivity contribution in [2.24, 2.45) is 0 Å². The zero-order valence-corrected chi connectivity index (χ0v) is 14.3. The van der Waals surface area contributed by atoms with E-state index in [1.807, 2.05) is 0 Å². The van der Waals surface area contributed by atoms with Gasteiger partial charge < -0.3 is 15.3 Å². The van der Waals surface area contributed by atoms with E-state index in [-0.39, 0.29) is 6.10 Å². The summed E-state index contributed by atoms with van der Waals surface area (Å²) in [6.07, 6.45) is 5.35. The predicted octanol–water partition coefficient (Wildman–Crippen LogP) is 3.44. The molecule has 0 aliphatic carbocycles. The third-order valence-electron chi connectivity index (χ3n) is 4.77. The molecule has 2 N–H and O–H groups in total. The smallest absolute Gasteiger partial charge is 0.0579 e. The molecule has 2 aliphatic rings. The average molecular weight is 353 g/mol. The van der Waals surface area contributed by atoms with Gasteiger partial charge in [0.05, 0.1) is 6.10 Å². The van der Waals surface area contributed by atoms with Crippen molar-refractivity contribution in [1.29, 1.82) is 0 Å². The van der Waals surface area contributed by atoms with E-state index in [2.05, 4.69) is 51.3 Å². The largest absolute Gasteiger partial charge is 0.393 e. The normalized spacial score (nSPS) is 28.1. The first-order valence-corrected chi connectivity index (χ1v) is 8.94. The molecule has 2 saturated heterocycles. The highest BCUT2D eigenvalue weighted by Crippen LogP contribution is 2.41. The standard InChI is InChI=1S/C17H25BrN2O/c1-2-7-19-11-12-8-13(18)3-6-17(12)20-14-4-5-15(20)10-16(21)9-14/h3,6,8,14-16,19,21H,2,4-5,7,9-11H2,1H3. The van der Waals surface area contributed by atoms with Crippen molar-refractivity contribution >= 4 is 21.6 Å². The first-order valence-electron chi connectivity index (χ1n) is 8.14. The Morgan fingerprint density at radius 1 is 1.29 bits per heavy atom. The number of benzene rings is 1. The third kappa shape index (κ3) is 3.27. The molecule has 3 rings (SSSR count). The van der Waals surface area contributed by atoms with E-state index in [4.69, 9.17) is 0 Å². The van der Waals surface area contributed by atoms with Crippen LogP contribution in [0.15, 0.2) is 22.7 Å². The number of hydrogen-bond acceptors (Lipinski definition) is 3. The summed E-state index contributed by atoms with van der Waals surface area (Å²) in [5, 5.41) is 13.5. The van der Waals surface area contributed by atoms with Gasteiger partial charge in [-0.1, -0.05) is 22.9 Å². The minimum atomic E-state index is -0.101. The van der Waals surface area contributed by atoms with Gasteiger partial charge >= 0.3 is 0 Å². The number of halogens is 1. The minimum Gasteiger partial charge on any atom is -0.393 e. The number of hydrogen-bond donors (Lipinski definition) is 2. The SMILES string of the molecule is CCCNCc1cc(Br)ccc1N1C2CCC1CC(O)C2. The molecule has 0 radical (unpaired) electrons. The molecular weight excluding hydrogens is 328 g/mol. The topological polar surface area (TPSA) is 35.5 Å². The van der Waals surface area contributed by atoms with Gasteiger partial charge in [-0.3, -0.25) is 0 Å².